The number of hydrogen-bond donors (Lipinski definition) is 2. The molecule has 0 aliphatic carbocycles. The predicted molar refractivity (Wildman–Crippen MR) is 82.1 cm³/mol. The third kappa shape index (κ3) is 3.74. The molecule has 0 fully saturated rings. The number of sulfone groups is 1. The highest BCUT2D eigenvalue weighted by atomic mass is 35.5. The predicted octanol–water partition coefficient (Wildman–Crippen LogP) is 2.82. The van der Waals surface area contributed by atoms with Gasteiger partial charge in [0.1, 0.15) is 17.3 Å². The maximum absolute atomic E-state index is 11.5. The summed E-state index contributed by atoms with van der Waals surface area (Å²) in [5.41, 5.74) is 5.79. The van der Waals surface area contributed by atoms with Crippen LogP contribution >= 0.6 is 11.6 Å². The number of amidine groups is 1. The summed E-state index contributed by atoms with van der Waals surface area (Å²) in [4.78, 5) is 0.173. The Bertz CT molecular complexity index is 804. The van der Waals surface area contributed by atoms with E-state index in [-0.39, 0.29) is 10.7 Å². The first-order valence-electron chi connectivity index (χ1n) is 5.89. The van der Waals surface area contributed by atoms with E-state index in [0.717, 1.165) is 6.26 Å². The second kappa shape index (κ2) is 5.75. The van der Waals surface area contributed by atoms with Crippen LogP contribution in [0.15, 0.2) is 47.4 Å². The Hall–Kier alpha value is -2.05. The van der Waals surface area contributed by atoms with Gasteiger partial charge in [0.25, 0.3) is 0 Å². The van der Waals surface area contributed by atoms with Crippen molar-refractivity contribution < 1.29 is 13.2 Å². The minimum absolute atomic E-state index is 0.134. The lowest BCUT2D eigenvalue weighted by atomic mass is 10.2. The van der Waals surface area contributed by atoms with Gasteiger partial charge in [-0.15, -0.1) is 0 Å². The second-order valence-corrected chi connectivity index (χ2v) is 6.83. The van der Waals surface area contributed by atoms with Crippen molar-refractivity contribution in [1.82, 2.24) is 0 Å². The van der Waals surface area contributed by atoms with E-state index in [0.29, 0.717) is 22.1 Å². The first-order chi connectivity index (χ1) is 9.77. The highest BCUT2D eigenvalue weighted by molar-refractivity contribution is 7.90. The molecule has 2 rings (SSSR count). The fraction of sp³-hybridized carbons (Fsp3) is 0.0714. The van der Waals surface area contributed by atoms with Crippen LogP contribution in [0, 0.1) is 5.41 Å². The number of rotatable bonds is 4. The van der Waals surface area contributed by atoms with E-state index in [4.69, 9.17) is 27.5 Å². The molecule has 0 unspecified atom stereocenters. The van der Waals surface area contributed by atoms with Gasteiger partial charge in [0.15, 0.2) is 9.84 Å². The molecule has 0 radical (unpaired) electrons. The van der Waals surface area contributed by atoms with Crippen molar-refractivity contribution >= 4 is 27.3 Å². The molecule has 0 bridgehead atoms. The quantitative estimate of drug-likeness (QED) is 0.668. The number of nitrogens with one attached hydrogen (secondary N) is 1. The SMILES string of the molecule is CS(=O)(=O)c1cccc(Oc2ccc(C(=N)N)c(Cl)c2)c1. The highest BCUT2D eigenvalue weighted by Crippen LogP contribution is 2.27. The van der Waals surface area contributed by atoms with E-state index in [9.17, 15) is 8.42 Å². The van der Waals surface area contributed by atoms with Gasteiger partial charge in [0.05, 0.1) is 9.92 Å². The summed E-state index contributed by atoms with van der Waals surface area (Å²) in [7, 11) is -3.29. The van der Waals surface area contributed by atoms with Crippen molar-refractivity contribution in [3.05, 3.63) is 53.1 Å². The van der Waals surface area contributed by atoms with Gasteiger partial charge < -0.3 is 10.5 Å². The zero-order valence-corrected chi connectivity index (χ0v) is 12.7. The lowest BCUT2D eigenvalue weighted by molar-refractivity contribution is 0.481. The molecule has 2 aromatic rings. The maximum Gasteiger partial charge on any atom is 0.175 e. The Labute approximate surface area is 127 Å². The smallest absolute Gasteiger partial charge is 0.175 e. The van der Waals surface area contributed by atoms with Gasteiger partial charge in [-0.1, -0.05) is 17.7 Å². The minimum Gasteiger partial charge on any atom is -0.457 e. The van der Waals surface area contributed by atoms with Crippen molar-refractivity contribution in [3.8, 4) is 11.5 Å². The van der Waals surface area contributed by atoms with Crippen LogP contribution in [-0.4, -0.2) is 20.5 Å². The van der Waals surface area contributed by atoms with Crippen LogP contribution in [0.1, 0.15) is 5.56 Å². The molecular formula is C14H13ClN2O3S. The molecule has 2 aromatic carbocycles. The van der Waals surface area contributed by atoms with Gasteiger partial charge in [-0.25, -0.2) is 8.42 Å². The van der Waals surface area contributed by atoms with E-state index < -0.39 is 9.84 Å². The third-order valence-corrected chi connectivity index (χ3v) is 4.12. The fourth-order valence-corrected chi connectivity index (χ4v) is 2.61. The van der Waals surface area contributed by atoms with E-state index >= 15 is 0 Å². The number of hydrogen-bond acceptors (Lipinski definition) is 4. The Morgan fingerprint density at radius 3 is 2.43 bits per heavy atom. The molecule has 21 heavy (non-hydrogen) atoms. The molecule has 0 saturated heterocycles. The summed E-state index contributed by atoms with van der Waals surface area (Å²) in [6, 6.07) is 10.9. The van der Waals surface area contributed by atoms with Gasteiger partial charge in [-0.3, -0.25) is 5.41 Å². The standard InChI is InChI=1S/C14H13ClN2O3S/c1-21(18,19)11-4-2-3-9(7-11)20-10-5-6-12(14(16)17)13(15)8-10/h2-8H,1H3,(H3,16,17). The summed E-state index contributed by atoms with van der Waals surface area (Å²) >= 11 is 6.00. The average molecular weight is 325 g/mol. The number of halogens is 1. The summed E-state index contributed by atoms with van der Waals surface area (Å²) in [5.74, 6) is 0.672. The molecule has 0 heterocycles. The Morgan fingerprint density at radius 1 is 1.19 bits per heavy atom. The third-order valence-electron chi connectivity index (χ3n) is 2.70. The van der Waals surface area contributed by atoms with Crippen LogP contribution in [0.4, 0.5) is 0 Å². The van der Waals surface area contributed by atoms with E-state index in [1.807, 2.05) is 0 Å². The van der Waals surface area contributed by atoms with Crippen molar-refractivity contribution in [1.29, 1.82) is 5.41 Å². The Morgan fingerprint density at radius 2 is 1.86 bits per heavy atom. The van der Waals surface area contributed by atoms with Crippen molar-refractivity contribution in [2.24, 2.45) is 5.73 Å². The normalized spacial score (nSPS) is 11.1. The van der Waals surface area contributed by atoms with Crippen LogP contribution in [0.25, 0.3) is 0 Å². The Balaban J connectivity index is 2.31. The molecule has 5 nitrogen and oxygen atoms in total. The second-order valence-electron chi connectivity index (χ2n) is 4.40. The van der Waals surface area contributed by atoms with Gasteiger partial charge in [0, 0.05) is 17.9 Å². The summed E-state index contributed by atoms with van der Waals surface area (Å²) < 4.78 is 28.6. The summed E-state index contributed by atoms with van der Waals surface area (Å²) in [5, 5.41) is 7.64. The monoisotopic (exact) mass is 324 g/mol. The lowest BCUT2D eigenvalue weighted by Gasteiger charge is -2.09. The van der Waals surface area contributed by atoms with E-state index in [2.05, 4.69) is 0 Å². The van der Waals surface area contributed by atoms with Crippen LogP contribution in [0.3, 0.4) is 0 Å². The topological polar surface area (TPSA) is 93.2 Å². The molecule has 0 amide bonds. The zero-order chi connectivity index (χ0) is 15.6. The molecule has 110 valence electrons. The summed E-state index contributed by atoms with van der Waals surface area (Å²) in [6.07, 6.45) is 1.13. The van der Waals surface area contributed by atoms with Crippen LogP contribution in [0.2, 0.25) is 5.02 Å². The average Bonchev–Trinajstić information content (AvgIpc) is 2.37. The van der Waals surface area contributed by atoms with Crippen LogP contribution in [-0.2, 0) is 9.84 Å². The van der Waals surface area contributed by atoms with E-state index in [1.54, 1.807) is 24.3 Å². The molecule has 0 aliphatic heterocycles. The minimum atomic E-state index is -3.29. The van der Waals surface area contributed by atoms with Crippen LogP contribution in [0.5, 0.6) is 11.5 Å². The largest absolute Gasteiger partial charge is 0.457 e. The van der Waals surface area contributed by atoms with Crippen molar-refractivity contribution in [2.45, 2.75) is 4.90 Å². The molecular weight excluding hydrogens is 312 g/mol. The zero-order valence-electron chi connectivity index (χ0n) is 11.1. The lowest BCUT2D eigenvalue weighted by Crippen LogP contribution is -2.11. The van der Waals surface area contributed by atoms with Gasteiger partial charge in [-0.05, 0) is 30.3 Å². The number of benzene rings is 2. The summed E-state index contributed by atoms with van der Waals surface area (Å²) in [6.45, 7) is 0. The molecule has 7 heteroatoms. The molecule has 0 spiro atoms. The van der Waals surface area contributed by atoms with Gasteiger partial charge in [0.2, 0.25) is 0 Å². The first kappa shape index (κ1) is 15.3. The number of nitrogen functional groups attached to an aromatic ring is 1. The Kier molecular flexibility index (Phi) is 4.20. The van der Waals surface area contributed by atoms with E-state index in [1.165, 1.54) is 18.2 Å². The molecule has 3 N–H and O–H groups in total. The number of ether oxygens (including phenoxy) is 1. The molecule has 0 aromatic heterocycles. The van der Waals surface area contributed by atoms with Gasteiger partial charge in [-0.2, -0.15) is 0 Å². The molecule has 0 saturated carbocycles. The first-order valence-corrected chi connectivity index (χ1v) is 8.16. The number of nitrogens with two attached hydrogens (primary N) is 1. The molecule has 0 aliphatic rings. The van der Waals surface area contributed by atoms with Crippen LogP contribution < -0.4 is 10.5 Å². The highest BCUT2D eigenvalue weighted by Gasteiger charge is 2.09. The fourth-order valence-electron chi connectivity index (χ4n) is 1.68. The molecule has 0 atom stereocenters. The maximum atomic E-state index is 11.5. The van der Waals surface area contributed by atoms with Crippen molar-refractivity contribution in [2.75, 3.05) is 6.26 Å². The van der Waals surface area contributed by atoms with Crippen molar-refractivity contribution in [3.63, 3.8) is 0 Å². The van der Waals surface area contributed by atoms with Gasteiger partial charge >= 0.3 is 0 Å².